The normalized spacial score (nSPS) is 17.2. The first-order chi connectivity index (χ1) is 11.6. The minimum atomic E-state index is -0.310. The average Bonchev–Trinajstić information content (AvgIpc) is 2.96. The Labute approximate surface area is 143 Å². The molecule has 0 radical (unpaired) electrons. The van der Waals surface area contributed by atoms with Crippen LogP contribution in [-0.2, 0) is 14.3 Å². The van der Waals surface area contributed by atoms with Crippen molar-refractivity contribution >= 4 is 17.5 Å². The summed E-state index contributed by atoms with van der Waals surface area (Å²) in [5.41, 5.74) is 0.714. The van der Waals surface area contributed by atoms with Gasteiger partial charge >= 0.3 is 0 Å². The second kappa shape index (κ2) is 9.27. The summed E-state index contributed by atoms with van der Waals surface area (Å²) in [5, 5.41) is 2.87. The van der Waals surface area contributed by atoms with Crippen LogP contribution >= 0.6 is 0 Å². The Morgan fingerprint density at radius 1 is 1.29 bits per heavy atom. The van der Waals surface area contributed by atoms with Crippen LogP contribution in [0.3, 0.4) is 0 Å². The van der Waals surface area contributed by atoms with E-state index in [2.05, 4.69) is 12.2 Å². The maximum atomic E-state index is 12.3. The molecule has 2 amide bonds. The molecule has 1 aliphatic rings. The number of unbranched alkanes of at least 4 members (excludes halogenated alkanes) is 1. The topological polar surface area (TPSA) is 67.9 Å². The summed E-state index contributed by atoms with van der Waals surface area (Å²) in [5.74, 6) is 0.368. The van der Waals surface area contributed by atoms with E-state index in [1.807, 2.05) is 24.3 Å². The van der Waals surface area contributed by atoms with Gasteiger partial charge in [-0.2, -0.15) is 0 Å². The highest BCUT2D eigenvalue weighted by Gasteiger charge is 2.33. The summed E-state index contributed by atoms with van der Waals surface area (Å²) in [6.07, 6.45) is 2.37. The number of ether oxygens (including phenoxy) is 2. The van der Waals surface area contributed by atoms with Gasteiger partial charge in [0.2, 0.25) is 11.8 Å². The van der Waals surface area contributed by atoms with Crippen LogP contribution < -0.4 is 10.1 Å². The van der Waals surface area contributed by atoms with Gasteiger partial charge in [0.25, 0.3) is 0 Å². The van der Waals surface area contributed by atoms with E-state index >= 15 is 0 Å². The number of nitrogens with one attached hydrogen (secondary N) is 1. The number of methoxy groups -OCH3 is 1. The van der Waals surface area contributed by atoms with Crippen LogP contribution in [-0.4, -0.2) is 50.1 Å². The zero-order chi connectivity index (χ0) is 17.4. The first-order valence-electron chi connectivity index (χ1n) is 8.44. The average molecular weight is 334 g/mol. The fourth-order valence-electron chi connectivity index (χ4n) is 2.58. The van der Waals surface area contributed by atoms with E-state index in [0.717, 1.165) is 18.6 Å². The van der Waals surface area contributed by atoms with Gasteiger partial charge in [0.05, 0.1) is 19.1 Å². The summed E-state index contributed by atoms with van der Waals surface area (Å²) < 4.78 is 10.6. The van der Waals surface area contributed by atoms with Crippen LogP contribution in [0.2, 0.25) is 0 Å². The molecule has 6 heteroatoms. The SMILES string of the molecule is CCCCOc1ccc(NC(=O)C2CC(=O)N(CCOC)C2)cc1. The van der Waals surface area contributed by atoms with Gasteiger partial charge in [0.1, 0.15) is 5.75 Å². The monoisotopic (exact) mass is 334 g/mol. The highest BCUT2D eigenvalue weighted by atomic mass is 16.5. The van der Waals surface area contributed by atoms with Crippen molar-refractivity contribution in [3.8, 4) is 5.75 Å². The maximum Gasteiger partial charge on any atom is 0.229 e. The predicted octanol–water partition coefficient (Wildman–Crippen LogP) is 2.30. The minimum absolute atomic E-state index is 0.00636. The Bertz CT molecular complexity index is 544. The second-order valence-corrected chi connectivity index (χ2v) is 5.95. The van der Waals surface area contributed by atoms with Crippen molar-refractivity contribution in [1.82, 2.24) is 4.90 Å². The molecule has 1 unspecified atom stereocenters. The van der Waals surface area contributed by atoms with Crippen LogP contribution in [0, 0.1) is 5.92 Å². The summed E-state index contributed by atoms with van der Waals surface area (Å²) in [7, 11) is 1.60. The van der Waals surface area contributed by atoms with E-state index in [1.165, 1.54) is 0 Å². The molecule has 1 aromatic carbocycles. The molecule has 0 bridgehead atoms. The van der Waals surface area contributed by atoms with Crippen LogP contribution in [0.15, 0.2) is 24.3 Å². The van der Waals surface area contributed by atoms with Crippen molar-refractivity contribution < 1.29 is 19.1 Å². The lowest BCUT2D eigenvalue weighted by Gasteiger charge is -2.16. The highest BCUT2D eigenvalue weighted by Crippen LogP contribution is 2.21. The number of likely N-dealkylation sites (tertiary alicyclic amines) is 1. The molecule has 2 rings (SSSR count). The quantitative estimate of drug-likeness (QED) is 0.704. The first kappa shape index (κ1) is 18.3. The molecule has 1 atom stereocenters. The van der Waals surface area contributed by atoms with E-state index in [4.69, 9.17) is 9.47 Å². The van der Waals surface area contributed by atoms with Gasteiger partial charge in [0.15, 0.2) is 0 Å². The standard InChI is InChI=1S/C18H26N2O4/c1-3-4-10-24-16-7-5-15(6-8-16)19-18(22)14-12-17(21)20(13-14)9-11-23-2/h5-8,14H,3-4,9-13H2,1-2H3,(H,19,22). The van der Waals surface area contributed by atoms with Gasteiger partial charge in [-0.1, -0.05) is 13.3 Å². The number of rotatable bonds is 9. The van der Waals surface area contributed by atoms with Crippen LogP contribution in [0.5, 0.6) is 5.75 Å². The predicted molar refractivity (Wildman–Crippen MR) is 92.0 cm³/mol. The Kier molecular flexibility index (Phi) is 7.06. The maximum absolute atomic E-state index is 12.3. The smallest absolute Gasteiger partial charge is 0.229 e. The van der Waals surface area contributed by atoms with Gasteiger partial charge < -0.3 is 19.7 Å². The fraction of sp³-hybridized carbons (Fsp3) is 0.556. The lowest BCUT2D eigenvalue weighted by atomic mass is 10.1. The zero-order valence-corrected chi connectivity index (χ0v) is 14.4. The van der Waals surface area contributed by atoms with Crippen LogP contribution in [0.25, 0.3) is 0 Å². The van der Waals surface area contributed by atoms with E-state index in [0.29, 0.717) is 32.0 Å². The lowest BCUT2D eigenvalue weighted by Crippen LogP contribution is -2.30. The summed E-state index contributed by atoms with van der Waals surface area (Å²) in [4.78, 5) is 25.9. The molecular weight excluding hydrogens is 308 g/mol. The molecule has 1 aromatic rings. The molecule has 6 nitrogen and oxygen atoms in total. The Hall–Kier alpha value is -2.08. The van der Waals surface area contributed by atoms with Crippen molar-refractivity contribution in [2.24, 2.45) is 5.92 Å². The largest absolute Gasteiger partial charge is 0.494 e. The second-order valence-electron chi connectivity index (χ2n) is 5.95. The molecule has 0 spiro atoms. The molecule has 1 heterocycles. The molecule has 0 aromatic heterocycles. The van der Waals surface area contributed by atoms with Gasteiger partial charge in [-0.25, -0.2) is 0 Å². The molecule has 132 valence electrons. The molecule has 1 aliphatic heterocycles. The van der Waals surface area contributed by atoms with Gasteiger partial charge in [-0.3, -0.25) is 9.59 Å². The Morgan fingerprint density at radius 3 is 2.71 bits per heavy atom. The first-order valence-corrected chi connectivity index (χ1v) is 8.44. The number of anilines is 1. The number of benzene rings is 1. The van der Waals surface area contributed by atoms with Crippen molar-refractivity contribution in [2.45, 2.75) is 26.2 Å². The van der Waals surface area contributed by atoms with Gasteiger partial charge in [-0.05, 0) is 30.7 Å². The Morgan fingerprint density at radius 2 is 2.04 bits per heavy atom. The summed E-state index contributed by atoms with van der Waals surface area (Å²) >= 11 is 0. The van der Waals surface area contributed by atoms with Gasteiger partial charge in [0, 0.05) is 32.3 Å². The number of carbonyl (C=O) groups is 2. The van der Waals surface area contributed by atoms with Gasteiger partial charge in [-0.15, -0.1) is 0 Å². The van der Waals surface area contributed by atoms with E-state index in [-0.39, 0.29) is 24.2 Å². The van der Waals surface area contributed by atoms with E-state index in [1.54, 1.807) is 12.0 Å². The minimum Gasteiger partial charge on any atom is -0.494 e. The van der Waals surface area contributed by atoms with Crippen molar-refractivity contribution in [1.29, 1.82) is 0 Å². The highest BCUT2D eigenvalue weighted by molar-refractivity contribution is 5.97. The number of carbonyl (C=O) groups excluding carboxylic acids is 2. The summed E-state index contributed by atoms with van der Waals surface area (Å²) in [6, 6.07) is 7.32. The number of hydrogen-bond donors (Lipinski definition) is 1. The van der Waals surface area contributed by atoms with Crippen molar-refractivity contribution in [3.63, 3.8) is 0 Å². The zero-order valence-electron chi connectivity index (χ0n) is 14.4. The number of amides is 2. The molecule has 0 saturated carbocycles. The third-order valence-corrected chi connectivity index (χ3v) is 4.04. The number of hydrogen-bond acceptors (Lipinski definition) is 4. The molecule has 1 N–H and O–H groups in total. The Balaban J connectivity index is 1.83. The molecular formula is C18H26N2O4. The molecule has 0 aliphatic carbocycles. The van der Waals surface area contributed by atoms with Crippen molar-refractivity contribution in [2.75, 3.05) is 38.7 Å². The van der Waals surface area contributed by atoms with E-state index in [9.17, 15) is 9.59 Å². The molecule has 1 fully saturated rings. The fourth-order valence-corrected chi connectivity index (χ4v) is 2.58. The van der Waals surface area contributed by atoms with E-state index < -0.39 is 0 Å². The third-order valence-electron chi connectivity index (χ3n) is 4.04. The number of nitrogens with zero attached hydrogens (tertiary/aromatic N) is 1. The lowest BCUT2D eigenvalue weighted by molar-refractivity contribution is -0.128. The van der Waals surface area contributed by atoms with Crippen LogP contribution in [0.1, 0.15) is 26.2 Å². The van der Waals surface area contributed by atoms with Crippen molar-refractivity contribution in [3.05, 3.63) is 24.3 Å². The summed E-state index contributed by atoms with van der Waals surface area (Å²) in [6.45, 7) is 4.28. The van der Waals surface area contributed by atoms with Crippen LogP contribution in [0.4, 0.5) is 5.69 Å². The molecule has 24 heavy (non-hydrogen) atoms. The third kappa shape index (κ3) is 5.23. The molecule has 1 saturated heterocycles.